The summed E-state index contributed by atoms with van der Waals surface area (Å²) < 4.78 is 15.9. The van der Waals surface area contributed by atoms with Gasteiger partial charge in [0.25, 0.3) is 0 Å². The van der Waals surface area contributed by atoms with Crippen molar-refractivity contribution < 1.29 is 23.6 Å². The fraction of sp³-hybridized carbons (Fsp3) is 0.429. The van der Waals surface area contributed by atoms with Crippen LogP contribution in [0.5, 0.6) is 0 Å². The molecule has 2 aromatic rings. The van der Waals surface area contributed by atoms with Gasteiger partial charge in [0.2, 0.25) is 5.76 Å². The molecule has 1 N–H and O–H groups in total. The molecule has 0 unspecified atom stereocenters. The second-order valence-corrected chi connectivity index (χ2v) is 5.09. The van der Waals surface area contributed by atoms with E-state index in [0.29, 0.717) is 30.3 Å². The molecule has 0 bridgehead atoms. The number of aliphatic carboxylic acids is 1. The Morgan fingerprint density at radius 1 is 1.52 bits per heavy atom. The largest absolute Gasteiger partial charge is 0.480 e. The lowest BCUT2D eigenvalue weighted by molar-refractivity contribution is -0.153. The van der Waals surface area contributed by atoms with Crippen LogP contribution in [0.1, 0.15) is 12.6 Å². The summed E-state index contributed by atoms with van der Waals surface area (Å²) in [4.78, 5) is 13.1. The summed E-state index contributed by atoms with van der Waals surface area (Å²) >= 11 is 0. The van der Waals surface area contributed by atoms with E-state index in [4.69, 9.17) is 13.7 Å². The smallest absolute Gasteiger partial charge is 0.323 e. The minimum absolute atomic E-state index is 0.00274. The Morgan fingerprint density at radius 3 is 3.10 bits per heavy atom. The van der Waals surface area contributed by atoms with Crippen molar-refractivity contribution in [1.29, 1.82) is 0 Å². The Labute approximate surface area is 121 Å². The van der Waals surface area contributed by atoms with E-state index in [2.05, 4.69) is 5.16 Å². The van der Waals surface area contributed by atoms with Crippen LogP contribution in [0.15, 0.2) is 33.4 Å². The van der Waals surface area contributed by atoms with Gasteiger partial charge >= 0.3 is 5.97 Å². The van der Waals surface area contributed by atoms with Crippen molar-refractivity contribution in [2.75, 3.05) is 13.2 Å². The number of hydrogen-bond acceptors (Lipinski definition) is 6. The first-order valence-electron chi connectivity index (χ1n) is 6.71. The molecule has 1 aliphatic heterocycles. The molecule has 7 heteroatoms. The quantitative estimate of drug-likeness (QED) is 0.915. The van der Waals surface area contributed by atoms with Gasteiger partial charge in [-0.1, -0.05) is 5.16 Å². The highest BCUT2D eigenvalue weighted by molar-refractivity contribution is 5.73. The molecule has 1 saturated heterocycles. The lowest BCUT2D eigenvalue weighted by Gasteiger charge is -2.35. The number of hydrogen-bond donors (Lipinski definition) is 1. The van der Waals surface area contributed by atoms with Crippen LogP contribution in [0.3, 0.4) is 0 Å². The van der Waals surface area contributed by atoms with Crippen molar-refractivity contribution in [3.05, 3.63) is 30.2 Å². The maximum atomic E-state index is 11.3. The Hall–Kier alpha value is -2.12. The molecule has 0 aliphatic carbocycles. The van der Waals surface area contributed by atoms with E-state index in [9.17, 15) is 9.90 Å². The number of furan rings is 1. The van der Waals surface area contributed by atoms with Gasteiger partial charge < -0.3 is 18.8 Å². The van der Waals surface area contributed by atoms with Gasteiger partial charge in [0.1, 0.15) is 6.04 Å². The van der Waals surface area contributed by atoms with Crippen LogP contribution in [0.2, 0.25) is 0 Å². The van der Waals surface area contributed by atoms with Crippen LogP contribution in [0.25, 0.3) is 11.5 Å². The summed E-state index contributed by atoms with van der Waals surface area (Å²) in [6.07, 6.45) is 1.55. The average Bonchev–Trinajstić information content (AvgIpc) is 3.08. The molecule has 3 heterocycles. The van der Waals surface area contributed by atoms with Gasteiger partial charge in [0.15, 0.2) is 5.76 Å². The van der Waals surface area contributed by atoms with Crippen molar-refractivity contribution in [3.63, 3.8) is 0 Å². The molecular formula is C14H16N2O5. The molecule has 0 aromatic carbocycles. The zero-order valence-corrected chi connectivity index (χ0v) is 11.6. The summed E-state index contributed by atoms with van der Waals surface area (Å²) in [5.74, 6) is 0.235. The molecule has 0 radical (unpaired) electrons. The van der Waals surface area contributed by atoms with Gasteiger partial charge in [-0.15, -0.1) is 0 Å². The topological polar surface area (TPSA) is 88.9 Å². The molecule has 2 atom stereocenters. The fourth-order valence-electron chi connectivity index (χ4n) is 2.40. The summed E-state index contributed by atoms with van der Waals surface area (Å²) in [5, 5.41) is 13.2. The maximum Gasteiger partial charge on any atom is 0.323 e. The van der Waals surface area contributed by atoms with Gasteiger partial charge in [0, 0.05) is 19.2 Å². The van der Waals surface area contributed by atoms with Gasteiger partial charge in [-0.05, 0) is 19.1 Å². The molecule has 0 saturated carbocycles. The normalized spacial score (nSPS) is 23.3. The zero-order valence-electron chi connectivity index (χ0n) is 11.6. The van der Waals surface area contributed by atoms with E-state index in [1.54, 1.807) is 24.5 Å². The van der Waals surface area contributed by atoms with Crippen LogP contribution in [0.4, 0.5) is 0 Å². The van der Waals surface area contributed by atoms with Gasteiger partial charge in [0.05, 0.1) is 24.7 Å². The predicted molar refractivity (Wildman–Crippen MR) is 71.5 cm³/mol. The van der Waals surface area contributed by atoms with Crippen molar-refractivity contribution in [2.45, 2.75) is 25.6 Å². The van der Waals surface area contributed by atoms with Crippen LogP contribution in [0, 0.1) is 0 Å². The summed E-state index contributed by atoms with van der Waals surface area (Å²) in [7, 11) is 0. The van der Waals surface area contributed by atoms with Gasteiger partial charge in [-0.25, -0.2) is 0 Å². The predicted octanol–water partition coefficient (Wildman–Crippen LogP) is 1.61. The third-order valence-corrected chi connectivity index (χ3v) is 3.44. The van der Waals surface area contributed by atoms with Crippen LogP contribution >= 0.6 is 0 Å². The maximum absolute atomic E-state index is 11.3. The third kappa shape index (κ3) is 2.98. The van der Waals surface area contributed by atoms with E-state index in [1.165, 1.54) is 0 Å². The second kappa shape index (κ2) is 5.71. The zero-order chi connectivity index (χ0) is 14.8. The summed E-state index contributed by atoms with van der Waals surface area (Å²) in [6.45, 7) is 3.04. The van der Waals surface area contributed by atoms with Gasteiger partial charge in [-0.2, -0.15) is 0 Å². The Kier molecular flexibility index (Phi) is 3.76. The fourth-order valence-corrected chi connectivity index (χ4v) is 2.40. The number of nitrogens with zero attached hydrogens (tertiary/aromatic N) is 2. The summed E-state index contributed by atoms with van der Waals surface area (Å²) in [6, 6.07) is 4.64. The number of carboxylic acids is 1. The first kappa shape index (κ1) is 13.8. The SMILES string of the molecule is C[C@H]1CN(Cc2cc(-c3ccco3)on2)[C@H](C(=O)O)CO1. The molecule has 2 aromatic heterocycles. The first-order valence-corrected chi connectivity index (χ1v) is 6.71. The molecule has 0 spiro atoms. The van der Waals surface area contributed by atoms with Crippen LogP contribution in [-0.4, -0.2) is 46.4 Å². The molecule has 112 valence electrons. The molecule has 3 rings (SSSR count). The molecular weight excluding hydrogens is 276 g/mol. The minimum Gasteiger partial charge on any atom is -0.480 e. The monoisotopic (exact) mass is 292 g/mol. The minimum atomic E-state index is -0.892. The van der Waals surface area contributed by atoms with E-state index in [0.717, 1.165) is 0 Å². The highest BCUT2D eigenvalue weighted by Gasteiger charge is 2.32. The molecule has 7 nitrogen and oxygen atoms in total. The summed E-state index contributed by atoms with van der Waals surface area (Å²) in [5.41, 5.74) is 0.668. The Bertz CT molecular complexity index is 607. The van der Waals surface area contributed by atoms with Crippen molar-refractivity contribution in [3.8, 4) is 11.5 Å². The highest BCUT2D eigenvalue weighted by atomic mass is 16.5. The standard InChI is InChI=1S/C14H16N2O5/c1-9-6-16(11(8-20-9)14(17)18)7-10-5-13(21-15-10)12-3-2-4-19-12/h2-5,9,11H,6-8H2,1H3,(H,17,18)/t9-,11-/m0/s1. The number of rotatable bonds is 4. The van der Waals surface area contributed by atoms with Crippen LogP contribution in [-0.2, 0) is 16.1 Å². The Balaban J connectivity index is 1.74. The lowest BCUT2D eigenvalue weighted by Crippen LogP contribution is -2.52. The van der Waals surface area contributed by atoms with E-state index < -0.39 is 12.0 Å². The van der Waals surface area contributed by atoms with Crippen LogP contribution < -0.4 is 0 Å². The van der Waals surface area contributed by atoms with Gasteiger partial charge in [-0.3, -0.25) is 9.69 Å². The molecule has 1 aliphatic rings. The molecule has 1 fully saturated rings. The third-order valence-electron chi connectivity index (χ3n) is 3.44. The number of morpholine rings is 1. The van der Waals surface area contributed by atoms with Crippen molar-refractivity contribution in [2.24, 2.45) is 0 Å². The molecule has 0 amide bonds. The highest BCUT2D eigenvalue weighted by Crippen LogP contribution is 2.22. The lowest BCUT2D eigenvalue weighted by atomic mass is 10.1. The van der Waals surface area contributed by atoms with Crippen molar-refractivity contribution in [1.82, 2.24) is 10.1 Å². The van der Waals surface area contributed by atoms with E-state index in [-0.39, 0.29) is 12.7 Å². The number of carbonyl (C=O) groups is 1. The number of carboxylic acid groups (broad SMARTS) is 1. The first-order chi connectivity index (χ1) is 10.1. The van der Waals surface area contributed by atoms with E-state index in [1.807, 2.05) is 11.8 Å². The molecule has 21 heavy (non-hydrogen) atoms. The number of ether oxygens (including phenoxy) is 1. The second-order valence-electron chi connectivity index (χ2n) is 5.09. The average molecular weight is 292 g/mol. The van der Waals surface area contributed by atoms with E-state index >= 15 is 0 Å². The number of aromatic nitrogens is 1. The Morgan fingerprint density at radius 2 is 2.38 bits per heavy atom. The van der Waals surface area contributed by atoms with Crippen molar-refractivity contribution >= 4 is 5.97 Å².